The van der Waals surface area contributed by atoms with E-state index in [1.807, 2.05) is 0 Å². The van der Waals surface area contributed by atoms with Crippen LogP contribution in [-0.4, -0.2) is 0 Å². The summed E-state index contributed by atoms with van der Waals surface area (Å²) in [5.74, 6) is 0. The Balaban J connectivity index is 1.52. The molecule has 0 aromatic heterocycles. The van der Waals surface area contributed by atoms with Crippen molar-refractivity contribution in [2.45, 2.75) is 137 Å². The van der Waals surface area contributed by atoms with E-state index >= 15 is 0 Å². The van der Waals surface area contributed by atoms with Crippen LogP contribution in [0.1, 0.15) is 136 Å². The Morgan fingerprint density at radius 3 is 1.54 bits per heavy atom. The van der Waals surface area contributed by atoms with Crippen LogP contribution in [0, 0.1) is 6.92 Å². The van der Waals surface area contributed by atoms with Gasteiger partial charge >= 0.3 is 0 Å². The number of fused-ring (bicyclic) bond motifs is 1. The largest absolute Gasteiger partial charge is 0.310 e. The van der Waals surface area contributed by atoms with Gasteiger partial charge in [0.1, 0.15) is 0 Å². The number of rotatable bonds is 7. The van der Waals surface area contributed by atoms with E-state index in [-0.39, 0.29) is 27.1 Å². The minimum Gasteiger partial charge on any atom is -0.310 e. The van der Waals surface area contributed by atoms with Gasteiger partial charge in [0.25, 0.3) is 0 Å². The van der Waals surface area contributed by atoms with Gasteiger partial charge in [-0.25, -0.2) is 0 Å². The summed E-state index contributed by atoms with van der Waals surface area (Å²) in [5, 5.41) is 0. The van der Waals surface area contributed by atoms with E-state index in [4.69, 9.17) is 0 Å². The molecule has 1 aliphatic carbocycles. The number of hydrogen-bond acceptors (Lipinski definition) is 2. The molecule has 2 nitrogen and oxygen atoms in total. The molecule has 0 fully saturated rings. The zero-order valence-electron chi connectivity index (χ0n) is 38.5. The quantitative estimate of drug-likeness (QED) is 0.159. The highest BCUT2D eigenvalue weighted by Crippen LogP contribution is 2.50. The van der Waals surface area contributed by atoms with E-state index in [1.165, 1.54) is 62.3 Å². The Kier molecular flexibility index (Phi) is 10.8. The molecule has 306 valence electrons. The van der Waals surface area contributed by atoms with Crippen LogP contribution in [-0.2, 0) is 27.1 Å². The van der Waals surface area contributed by atoms with E-state index < -0.39 is 0 Å². The second kappa shape index (κ2) is 15.2. The summed E-state index contributed by atoms with van der Waals surface area (Å²) in [6.45, 7) is 32.6. The van der Waals surface area contributed by atoms with Crippen LogP contribution in [0.3, 0.4) is 0 Å². The van der Waals surface area contributed by atoms with Gasteiger partial charge in [0.05, 0.1) is 5.69 Å². The normalized spacial score (nSPS) is 15.1. The molecule has 6 aromatic rings. The maximum atomic E-state index is 2.54. The third-order valence-corrected chi connectivity index (χ3v) is 12.8. The fraction of sp³-hybridized carbons (Fsp3) is 0.368. The van der Waals surface area contributed by atoms with E-state index in [1.54, 1.807) is 0 Å². The highest BCUT2D eigenvalue weighted by Gasteiger charge is 2.38. The smallest absolute Gasteiger partial charge is 0.0540 e. The first kappa shape index (κ1) is 42.1. The average Bonchev–Trinajstić information content (AvgIpc) is 3.16. The van der Waals surface area contributed by atoms with Gasteiger partial charge in [-0.3, -0.25) is 0 Å². The van der Waals surface area contributed by atoms with E-state index in [9.17, 15) is 0 Å². The van der Waals surface area contributed by atoms with Gasteiger partial charge in [-0.2, -0.15) is 0 Å². The van der Waals surface area contributed by atoms with Crippen LogP contribution in [0.15, 0.2) is 133 Å². The van der Waals surface area contributed by atoms with Gasteiger partial charge in [-0.05, 0) is 153 Å². The number of nitrogens with zero attached hydrogens (tertiary/aromatic N) is 2. The molecule has 0 aliphatic heterocycles. The molecule has 1 aliphatic rings. The minimum atomic E-state index is -0.00451. The molecule has 0 spiro atoms. The second-order valence-corrected chi connectivity index (χ2v) is 21.6. The number of benzene rings is 6. The fourth-order valence-corrected chi connectivity index (χ4v) is 8.86. The Morgan fingerprint density at radius 1 is 0.407 bits per heavy atom. The maximum absolute atomic E-state index is 2.54. The molecular formula is C57H68N2. The highest BCUT2D eigenvalue weighted by molar-refractivity contribution is 5.91. The summed E-state index contributed by atoms with van der Waals surface area (Å²) in [7, 11) is 0. The Hall–Kier alpha value is -5.08. The SMILES string of the molecule is Cc1cc(N(c2ccc(C(C)(C)C)cc2)c2cccc(C(C)(C)C)c2)cc(N(c2ccc3c(c2)C(C)(C)CCC3(C)C)c2ccc(C(C)(C)C)cc2-c2ccccc2)c1. The lowest BCUT2D eigenvalue weighted by atomic mass is 9.63. The molecule has 2 heteroatoms. The van der Waals surface area contributed by atoms with Crippen molar-refractivity contribution in [2.24, 2.45) is 0 Å². The highest BCUT2D eigenvalue weighted by atomic mass is 15.2. The average molecular weight is 781 g/mol. The second-order valence-electron chi connectivity index (χ2n) is 21.6. The molecule has 0 saturated heterocycles. The predicted octanol–water partition coefficient (Wildman–Crippen LogP) is 16.8. The zero-order valence-corrected chi connectivity index (χ0v) is 38.5. The lowest BCUT2D eigenvalue weighted by Gasteiger charge is -2.42. The van der Waals surface area contributed by atoms with Crippen molar-refractivity contribution in [2.75, 3.05) is 9.80 Å². The van der Waals surface area contributed by atoms with Gasteiger partial charge in [0, 0.05) is 34.0 Å². The van der Waals surface area contributed by atoms with Crippen LogP contribution in [0.2, 0.25) is 0 Å². The van der Waals surface area contributed by atoms with Gasteiger partial charge in [-0.1, -0.05) is 157 Å². The Bertz CT molecular complexity index is 2440. The molecule has 0 N–H and O–H groups in total. The van der Waals surface area contributed by atoms with Crippen LogP contribution in [0.5, 0.6) is 0 Å². The first-order valence-electron chi connectivity index (χ1n) is 21.8. The molecule has 0 amide bonds. The number of anilines is 6. The molecule has 0 unspecified atom stereocenters. The van der Waals surface area contributed by atoms with Gasteiger partial charge in [-0.15, -0.1) is 0 Å². The molecule has 59 heavy (non-hydrogen) atoms. The van der Waals surface area contributed by atoms with Crippen molar-refractivity contribution < 1.29 is 0 Å². The zero-order chi connectivity index (χ0) is 42.7. The van der Waals surface area contributed by atoms with Gasteiger partial charge in [0.2, 0.25) is 0 Å². The summed E-state index contributed by atoms with van der Waals surface area (Å²) in [6.07, 6.45) is 2.35. The lowest BCUT2D eigenvalue weighted by molar-refractivity contribution is 0.332. The van der Waals surface area contributed by atoms with Crippen LogP contribution < -0.4 is 9.80 Å². The Labute approximate surface area is 357 Å². The third kappa shape index (κ3) is 8.65. The van der Waals surface area contributed by atoms with Crippen molar-refractivity contribution >= 4 is 34.1 Å². The van der Waals surface area contributed by atoms with E-state index in [0.717, 1.165) is 29.2 Å². The molecule has 7 rings (SSSR count). The van der Waals surface area contributed by atoms with Crippen LogP contribution in [0.4, 0.5) is 34.1 Å². The molecular weight excluding hydrogens is 713 g/mol. The van der Waals surface area contributed by atoms with Crippen LogP contribution in [0.25, 0.3) is 11.1 Å². The molecule has 0 saturated carbocycles. The van der Waals surface area contributed by atoms with E-state index in [0.29, 0.717) is 0 Å². The number of hydrogen-bond donors (Lipinski definition) is 0. The third-order valence-electron chi connectivity index (χ3n) is 12.8. The summed E-state index contributed by atoms with van der Waals surface area (Å²) in [5.41, 5.74) is 17.7. The molecule has 6 aromatic carbocycles. The molecule has 0 bridgehead atoms. The first-order chi connectivity index (χ1) is 27.5. The number of aryl methyl sites for hydroxylation is 1. The fourth-order valence-electron chi connectivity index (χ4n) is 8.86. The predicted molar refractivity (Wildman–Crippen MR) is 257 cm³/mol. The van der Waals surface area contributed by atoms with Crippen molar-refractivity contribution in [1.29, 1.82) is 0 Å². The Morgan fingerprint density at radius 2 is 0.932 bits per heavy atom. The molecule has 0 radical (unpaired) electrons. The summed E-state index contributed by atoms with van der Waals surface area (Å²) < 4.78 is 0. The summed E-state index contributed by atoms with van der Waals surface area (Å²) in [4.78, 5) is 4.99. The lowest BCUT2D eigenvalue weighted by Crippen LogP contribution is -2.34. The summed E-state index contributed by atoms with van der Waals surface area (Å²) >= 11 is 0. The van der Waals surface area contributed by atoms with E-state index in [2.05, 4.69) is 240 Å². The standard InChI is InChI=1S/C57H68N2/c1-39-33-47(58(44-26-23-41(24-27-44)53(2,3)4)45-22-18-21-42(35-45)54(5,6)7)37-48(34-39)59(46-28-29-50-51(38-46)57(13,14)32-31-56(50,11)12)52-30-25-43(55(8,9)10)36-49(52)40-19-16-15-17-20-40/h15-30,33-38H,31-32H2,1-14H3. The summed E-state index contributed by atoms with van der Waals surface area (Å²) in [6, 6.07) is 50.9. The first-order valence-corrected chi connectivity index (χ1v) is 21.8. The van der Waals surface area contributed by atoms with Gasteiger partial charge < -0.3 is 9.80 Å². The molecule has 0 heterocycles. The monoisotopic (exact) mass is 781 g/mol. The minimum absolute atomic E-state index is 0.00451. The van der Waals surface area contributed by atoms with Crippen molar-refractivity contribution in [3.63, 3.8) is 0 Å². The maximum Gasteiger partial charge on any atom is 0.0540 e. The van der Waals surface area contributed by atoms with Crippen LogP contribution >= 0.6 is 0 Å². The molecule has 0 atom stereocenters. The van der Waals surface area contributed by atoms with Crippen molar-refractivity contribution in [3.8, 4) is 11.1 Å². The van der Waals surface area contributed by atoms with Gasteiger partial charge in [0.15, 0.2) is 0 Å². The van der Waals surface area contributed by atoms with Crippen molar-refractivity contribution in [3.05, 3.63) is 167 Å². The van der Waals surface area contributed by atoms with Crippen molar-refractivity contribution in [1.82, 2.24) is 0 Å². The topological polar surface area (TPSA) is 6.48 Å².